The molecule has 2 saturated carbocycles. The van der Waals surface area contributed by atoms with Crippen molar-refractivity contribution in [1.82, 2.24) is 0 Å². The highest BCUT2D eigenvalue weighted by atomic mass is 16.6. The molecule has 30 heavy (non-hydrogen) atoms. The van der Waals surface area contributed by atoms with Crippen LogP contribution in [0.15, 0.2) is 12.7 Å². The third kappa shape index (κ3) is 3.81. The Hall–Kier alpha value is -1.40. The van der Waals surface area contributed by atoms with Crippen LogP contribution in [-0.2, 0) is 23.8 Å². The summed E-state index contributed by atoms with van der Waals surface area (Å²) in [5, 5.41) is 10.0. The van der Waals surface area contributed by atoms with Gasteiger partial charge in [-0.3, -0.25) is 9.59 Å². The predicted octanol–water partition coefficient (Wildman–Crippen LogP) is 3.80. The highest BCUT2D eigenvalue weighted by Crippen LogP contribution is 2.66. The Balaban J connectivity index is 2.04. The second-order valence-corrected chi connectivity index (χ2v) is 10.6. The lowest BCUT2D eigenvalue weighted by atomic mass is 9.43. The average Bonchev–Trinajstić information content (AvgIpc) is 2.64. The first-order valence-corrected chi connectivity index (χ1v) is 11.2. The lowest BCUT2D eigenvalue weighted by molar-refractivity contribution is -0.291. The van der Waals surface area contributed by atoms with E-state index >= 15 is 0 Å². The maximum Gasteiger partial charge on any atom is 0.302 e. The van der Waals surface area contributed by atoms with Crippen LogP contribution in [0.25, 0.3) is 0 Å². The van der Waals surface area contributed by atoms with Gasteiger partial charge in [0, 0.05) is 31.6 Å². The predicted molar refractivity (Wildman–Crippen MR) is 113 cm³/mol. The minimum Gasteiger partial charge on any atom is -0.465 e. The molecule has 0 bridgehead atoms. The van der Waals surface area contributed by atoms with Crippen molar-refractivity contribution in [2.24, 2.45) is 22.7 Å². The molecule has 0 amide bonds. The van der Waals surface area contributed by atoms with Crippen LogP contribution in [0.2, 0.25) is 0 Å². The molecule has 3 aliphatic rings. The standard InChI is InChI=1S/C24H38O6/c1-7-24(14-25)12-9-19-22(5)11-8-10-21(4,15-28-16(2)26)20(22)18(29-17(3)27)13-23(19,6)30-24/h7,18-20,25H,1,8-15H2,2-6H3/t18-,19-,20+,21-,22+,23+,24+/m1/s1. The second kappa shape index (κ2) is 7.94. The molecule has 1 N–H and O–H groups in total. The zero-order valence-corrected chi connectivity index (χ0v) is 19.2. The summed E-state index contributed by atoms with van der Waals surface area (Å²) in [7, 11) is 0. The molecule has 6 nitrogen and oxygen atoms in total. The van der Waals surface area contributed by atoms with Crippen LogP contribution in [-0.4, -0.2) is 47.6 Å². The summed E-state index contributed by atoms with van der Waals surface area (Å²) in [5.74, 6) is -0.280. The largest absolute Gasteiger partial charge is 0.465 e. The molecule has 1 heterocycles. The first-order chi connectivity index (χ1) is 13.9. The number of aliphatic hydroxyl groups excluding tert-OH is 1. The van der Waals surface area contributed by atoms with Gasteiger partial charge in [-0.15, -0.1) is 6.58 Å². The SMILES string of the molecule is C=C[C@@]1(CO)CC[C@@H]2[C@]3(C)CCC[C@](C)(COC(C)=O)[C@@H]3[C@H](OC(C)=O)C[C@]2(C)O1. The Bertz CT molecular complexity index is 706. The van der Waals surface area contributed by atoms with Gasteiger partial charge < -0.3 is 19.3 Å². The van der Waals surface area contributed by atoms with Gasteiger partial charge in [0.15, 0.2) is 0 Å². The van der Waals surface area contributed by atoms with Crippen LogP contribution in [0.3, 0.4) is 0 Å². The fraction of sp³-hybridized carbons (Fsp3) is 0.833. The number of fused-ring (bicyclic) bond motifs is 3. The Morgan fingerprint density at radius 2 is 1.87 bits per heavy atom. The second-order valence-electron chi connectivity index (χ2n) is 10.6. The van der Waals surface area contributed by atoms with Crippen molar-refractivity contribution in [2.75, 3.05) is 13.2 Å². The Morgan fingerprint density at radius 1 is 1.17 bits per heavy atom. The van der Waals surface area contributed by atoms with Gasteiger partial charge in [-0.05, 0) is 43.9 Å². The number of carbonyl (C=O) groups excluding carboxylic acids is 2. The number of rotatable bonds is 5. The maximum absolute atomic E-state index is 12.1. The van der Waals surface area contributed by atoms with Gasteiger partial charge in [-0.1, -0.05) is 26.3 Å². The number of esters is 2. The van der Waals surface area contributed by atoms with Crippen molar-refractivity contribution >= 4 is 11.9 Å². The molecule has 0 spiro atoms. The molecule has 6 heteroatoms. The molecule has 0 radical (unpaired) electrons. The van der Waals surface area contributed by atoms with Gasteiger partial charge in [0.25, 0.3) is 0 Å². The summed E-state index contributed by atoms with van der Waals surface area (Å²) in [4.78, 5) is 23.7. The summed E-state index contributed by atoms with van der Waals surface area (Å²) in [5.41, 5.74) is -1.71. The zero-order valence-electron chi connectivity index (χ0n) is 19.2. The van der Waals surface area contributed by atoms with Crippen molar-refractivity contribution < 1.29 is 28.9 Å². The summed E-state index contributed by atoms with van der Waals surface area (Å²) >= 11 is 0. The van der Waals surface area contributed by atoms with Gasteiger partial charge >= 0.3 is 11.9 Å². The summed E-state index contributed by atoms with van der Waals surface area (Å²) in [6.45, 7) is 13.6. The average molecular weight is 423 g/mol. The third-order valence-corrected chi connectivity index (χ3v) is 8.29. The van der Waals surface area contributed by atoms with Crippen LogP contribution in [0.5, 0.6) is 0 Å². The van der Waals surface area contributed by atoms with Crippen molar-refractivity contribution in [3.8, 4) is 0 Å². The molecule has 0 aromatic rings. The smallest absolute Gasteiger partial charge is 0.302 e. The van der Waals surface area contributed by atoms with Gasteiger partial charge in [-0.25, -0.2) is 0 Å². The Morgan fingerprint density at radius 3 is 2.43 bits per heavy atom. The number of hydrogen-bond acceptors (Lipinski definition) is 6. The van der Waals surface area contributed by atoms with Gasteiger partial charge in [0.2, 0.25) is 0 Å². The van der Waals surface area contributed by atoms with E-state index in [9.17, 15) is 14.7 Å². The van der Waals surface area contributed by atoms with Gasteiger partial charge in [0.05, 0.1) is 18.8 Å². The van der Waals surface area contributed by atoms with E-state index in [4.69, 9.17) is 14.2 Å². The molecule has 0 aromatic carbocycles. The number of hydrogen-bond donors (Lipinski definition) is 1. The van der Waals surface area contributed by atoms with Crippen molar-refractivity contribution in [3.63, 3.8) is 0 Å². The molecule has 1 saturated heterocycles. The number of aliphatic hydroxyl groups is 1. The van der Waals surface area contributed by atoms with E-state index < -0.39 is 11.2 Å². The maximum atomic E-state index is 12.1. The number of ether oxygens (including phenoxy) is 3. The van der Waals surface area contributed by atoms with E-state index in [1.54, 1.807) is 6.08 Å². The van der Waals surface area contributed by atoms with Crippen molar-refractivity contribution in [1.29, 1.82) is 0 Å². The van der Waals surface area contributed by atoms with Crippen LogP contribution in [0.4, 0.5) is 0 Å². The zero-order chi connectivity index (χ0) is 22.4. The van der Waals surface area contributed by atoms with Crippen LogP contribution in [0, 0.1) is 22.7 Å². The first kappa shape index (κ1) is 23.3. The molecule has 0 aromatic heterocycles. The fourth-order valence-electron chi connectivity index (χ4n) is 7.32. The van der Waals surface area contributed by atoms with E-state index in [0.29, 0.717) is 19.4 Å². The van der Waals surface area contributed by atoms with Crippen LogP contribution in [0.1, 0.15) is 73.1 Å². The summed E-state index contributed by atoms with van der Waals surface area (Å²) in [6.07, 6.45) is 6.52. The molecular formula is C24H38O6. The number of carbonyl (C=O) groups is 2. The topological polar surface area (TPSA) is 82.1 Å². The minimum absolute atomic E-state index is 0.0639. The monoisotopic (exact) mass is 422 g/mol. The van der Waals surface area contributed by atoms with E-state index in [2.05, 4.69) is 27.4 Å². The minimum atomic E-state index is -0.759. The molecule has 3 rings (SSSR count). The van der Waals surface area contributed by atoms with Crippen LogP contribution >= 0.6 is 0 Å². The lowest BCUT2D eigenvalue weighted by Crippen LogP contribution is -2.68. The molecule has 0 unspecified atom stereocenters. The van der Waals surface area contributed by atoms with Crippen molar-refractivity contribution in [3.05, 3.63) is 12.7 Å². The molecule has 3 fully saturated rings. The first-order valence-electron chi connectivity index (χ1n) is 11.2. The fourth-order valence-corrected chi connectivity index (χ4v) is 7.32. The van der Waals surface area contributed by atoms with Crippen molar-refractivity contribution in [2.45, 2.75) is 90.4 Å². The van der Waals surface area contributed by atoms with E-state index in [0.717, 1.165) is 25.7 Å². The van der Waals surface area contributed by atoms with Gasteiger partial charge in [0.1, 0.15) is 11.7 Å². The van der Waals surface area contributed by atoms with E-state index in [-0.39, 0.29) is 47.3 Å². The molecule has 1 aliphatic heterocycles. The Kier molecular flexibility index (Phi) is 6.16. The normalized spacial score (nSPS) is 45.6. The quantitative estimate of drug-likeness (QED) is 0.536. The summed E-state index contributed by atoms with van der Waals surface area (Å²) in [6, 6.07) is 0. The summed E-state index contributed by atoms with van der Waals surface area (Å²) < 4.78 is 18.0. The highest BCUT2D eigenvalue weighted by Gasteiger charge is 2.66. The molecular weight excluding hydrogens is 384 g/mol. The van der Waals surface area contributed by atoms with Gasteiger partial charge in [-0.2, -0.15) is 0 Å². The highest BCUT2D eigenvalue weighted by molar-refractivity contribution is 5.66. The van der Waals surface area contributed by atoms with E-state index in [1.165, 1.54) is 13.8 Å². The van der Waals surface area contributed by atoms with E-state index in [1.807, 2.05) is 0 Å². The van der Waals surface area contributed by atoms with Crippen LogP contribution < -0.4 is 0 Å². The molecule has 2 aliphatic carbocycles. The molecule has 7 atom stereocenters. The molecule has 170 valence electrons. The Labute approximate surface area is 180 Å². The lowest BCUT2D eigenvalue weighted by Gasteiger charge is -2.66. The third-order valence-electron chi connectivity index (χ3n) is 8.29.